The standard InChI is InChI=1S/C23H23FN4O3/c24-21-14(12-28-3-4-31-23(28)30)1-2-19-20(21)18(22(29)26-19)7-17-5-13(8-25-17)9-27-10-15-6-16(15)11-27/h1-2,5,7-8,15-16,25H,3-4,6,9-12H2,(H,26,29)/t15-,16?/m1/s1. The van der Waals surface area contributed by atoms with Crippen molar-refractivity contribution in [2.45, 2.75) is 19.5 Å². The quantitative estimate of drug-likeness (QED) is 0.726. The summed E-state index contributed by atoms with van der Waals surface area (Å²) in [4.78, 5) is 31.4. The van der Waals surface area contributed by atoms with Gasteiger partial charge >= 0.3 is 6.09 Å². The van der Waals surface area contributed by atoms with Gasteiger partial charge in [0.25, 0.3) is 5.91 Å². The van der Waals surface area contributed by atoms with Gasteiger partial charge in [0.15, 0.2) is 0 Å². The first-order valence-corrected chi connectivity index (χ1v) is 10.7. The fourth-order valence-corrected chi connectivity index (χ4v) is 5.00. The molecule has 3 aliphatic heterocycles. The van der Waals surface area contributed by atoms with Crippen LogP contribution in [0, 0.1) is 17.7 Å². The third-order valence-electron chi connectivity index (χ3n) is 6.72. The van der Waals surface area contributed by atoms with Gasteiger partial charge in [-0.25, -0.2) is 9.18 Å². The van der Waals surface area contributed by atoms with Crippen molar-refractivity contribution in [3.63, 3.8) is 0 Å². The topological polar surface area (TPSA) is 77.7 Å². The second-order valence-electron chi connectivity index (χ2n) is 8.92. The number of anilines is 1. The van der Waals surface area contributed by atoms with Crippen molar-refractivity contribution >= 4 is 29.3 Å². The van der Waals surface area contributed by atoms with Crippen molar-refractivity contribution in [3.05, 3.63) is 52.6 Å². The number of aromatic nitrogens is 1. The number of nitrogens with one attached hydrogen (secondary N) is 2. The molecule has 6 rings (SSSR count). The SMILES string of the molecule is O=C1Nc2ccc(CN3CCOC3=O)c(F)c2C1=Cc1cc(CN2CC3C[C@@H]3C2)c[nH]1. The zero-order chi connectivity index (χ0) is 21.1. The summed E-state index contributed by atoms with van der Waals surface area (Å²) in [7, 11) is 0. The van der Waals surface area contributed by atoms with Crippen LogP contribution in [-0.2, 0) is 22.6 Å². The summed E-state index contributed by atoms with van der Waals surface area (Å²) >= 11 is 0. The molecule has 1 aliphatic carbocycles. The Morgan fingerprint density at radius 2 is 2.03 bits per heavy atom. The first-order valence-electron chi connectivity index (χ1n) is 10.7. The Balaban J connectivity index is 1.25. The molecule has 0 radical (unpaired) electrons. The summed E-state index contributed by atoms with van der Waals surface area (Å²) in [5, 5.41) is 2.74. The van der Waals surface area contributed by atoms with Gasteiger partial charge in [0.05, 0.1) is 24.4 Å². The van der Waals surface area contributed by atoms with Crippen molar-refractivity contribution in [2.75, 3.05) is 31.6 Å². The van der Waals surface area contributed by atoms with Crippen LogP contribution in [0.1, 0.15) is 28.8 Å². The Labute approximate surface area is 178 Å². The predicted molar refractivity (Wildman–Crippen MR) is 112 cm³/mol. The van der Waals surface area contributed by atoms with Crippen molar-refractivity contribution in [2.24, 2.45) is 11.8 Å². The fraction of sp³-hybridized carbons (Fsp3) is 0.391. The Morgan fingerprint density at radius 1 is 1.19 bits per heavy atom. The lowest BCUT2D eigenvalue weighted by Crippen LogP contribution is -2.24. The van der Waals surface area contributed by atoms with E-state index >= 15 is 4.39 Å². The first kappa shape index (κ1) is 18.6. The van der Waals surface area contributed by atoms with E-state index in [1.807, 2.05) is 12.3 Å². The monoisotopic (exact) mass is 422 g/mol. The molecule has 2 aromatic rings. The Morgan fingerprint density at radius 3 is 2.81 bits per heavy atom. The molecule has 0 spiro atoms. The molecule has 0 bridgehead atoms. The van der Waals surface area contributed by atoms with Crippen LogP contribution in [0.3, 0.4) is 0 Å². The third kappa shape index (κ3) is 3.31. The number of halogens is 1. The minimum atomic E-state index is -0.482. The molecule has 1 aromatic carbocycles. The van der Waals surface area contributed by atoms with Crippen molar-refractivity contribution in [1.29, 1.82) is 0 Å². The molecule has 2 N–H and O–H groups in total. The third-order valence-corrected chi connectivity index (χ3v) is 6.72. The highest BCUT2D eigenvalue weighted by Gasteiger charge is 2.44. The molecule has 2 saturated heterocycles. The maximum atomic E-state index is 15.4. The number of benzene rings is 1. The molecule has 1 unspecified atom stereocenters. The van der Waals surface area contributed by atoms with Crippen LogP contribution >= 0.6 is 0 Å². The van der Waals surface area contributed by atoms with Crippen molar-refractivity contribution in [1.82, 2.24) is 14.8 Å². The number of fused-ring (bicyclic) bond motifs is 2. The van der Waals surface area contributed by atoms with Crippen LogP contribution in [0.2, 0.25) is 0 Å². The normalized spacial score (nSPS) is 25.7. The number of hydrogen-bond donors (Lipinski definition) is 2. The summed E-state index contributed by atoms with van der Waals surface area (Å²) in [6.45, 7) is 4.08. The minimum absolute atomic E-state index is 0.115. The smallest absolute Gasteiger partial charge is 0.410 e. The predicted octanol–water partition coefficient (Wildman–Crippen LogP) is 3.05. The van der Waals surface area contributed by atoms with E-state index in [9.17, 15) is 9.59 Å². The van der Waals surface area contributed by atoms with E-state index in [0.717, 1.165) is 29.6 Å². The summed E-state index contributed by atoms with van der Waals surface area (Å²) in [6.07, 6.45) is 4.58. The maximum Gasteiger partial charge on any atom is 0.410 e. The maximum absolute atomic E-state index is 15.4. The molecule has 160 valence electrons. The lowest BCUT2D eigenvalue weighted by Gasteiger charge is -2.15. The van der Waals surface area contributed by atoms with E-state index in [0.29, 0.717) is 24.4 Å². The number of hydrogen-bond acceptors (Lipinski definition) is 4. The highest BCUT2D eigenvalue weighted by Crippen LogP contribution is 2.45. The number of amides is 2. The summed E-state index contributed by atoms with van der Waals surface area (Å²) in [5.74, 6) is 0.963. The van der Waals surface area contributed by atoms with E-state index in [4.69, 9.17) is 4.74 Å². The van der Waals surface area contributed by atoms with Gasteiger partial charge in [-0.3, -0.25) is 9.69 Å². The molecule has 31 heavy (non-hydrogen) atoms. The molecular weight excluding hydrogens is 399 g/mol. The number of carbonyl (C=O) groups is 2. The molecule has 4 aliphatic rings. The van der Waals surface area contributed by atoms with Gasteiger partial charge in [0, 0.05) is 42.7 Å². The minimum Gasteiger partial charge on any atom is -0.448 e. The largest absolute Gasteiger partial charge is 0.448 e. The van der Waals surface area contributed by atoms with Gasteiger partial charge < -0.3 is 19.9 Å². The number of H-pyrrole nitrogens is 1. The number of likely N-dealkylation sites (tertiary alicyclic amines) is 1. The fourth-order valence-electron chi connectivity index (χ4n) is 5.00. The molecule has 3 fully saturated rings. The number of rotatable bonds is 5. The first-order chi connectivity index (χ1) is 15.0. The summed E-state index contributed by atoms with van der Waals surface area (Å²) < 4.78 is 20.3. The van der Waals surface area contributed by atoms with Gasteiger partial charge in [-0.2, -0.15) is 0 Å². The number of aromatic amines is 1. The average Bonchev–Trinajstić information content (AvgIpc) is 3.15. The molecule has 2 amide bonds. The van der Waals surface area contributed by atoms with Crippen LogP contribution in [-0.4, -0.2) is 53.0 Å². The Bertz CT molecular complexity index is 1110. The van der Waals surface area contributed by atoms with Gasteiger partial charge in [0.1, 0.15) is 12.4 Å². The summed E-state index contributed by atoms with van der Waals surface area (Å²) in [6, 6.07) is 5.31. The number of piperidine rings is 1. The molecule has 1 aromatic heterocycles. The zero-order valence-corrected chi connectivity index (χ0v) is 17.0. The van der Waals surface area contributed by atoms with E-state index in [1.165, 1.54) is 24.4 Å². The number of ether oxygens (including phenoxy) is 1. The number of carbonyl (C=O) groups excluding carboxylic acids is 2. The molecule has 8 heteroatoms. The van der Waals surface area contributed by atoms with Crippen LogP contribution in [0.25, 0.3) is 11.6 Å². The number of cyclic esters (lactones) is 1. The molecule has 2 atom stereocenters. The summed E-state index contributed by atoms with van der Waals surface area (Å²) in [5.41, 5.74) is 3.28. The zero-order valence-electron chi connectivity index (χ0n) is 17.0. The average molecular weight is 422 g/mol. The van der Waals surface area contributed by atoms with Crippen LogP contribution < -0.4 is 5.32 Å². The van der Waals surface area contributed by atoms with Crippen LogP contribution in [0.5, 0.6) is 0 Å². The molecule has 1 saturated carbocycles. The molecule has 7 nitrogen and oxygen atoms in total. The van der Waals surface area contributed by atoms with E-state index in [2.05, 4.69) is 15.2 Å². The second-order valence-corrected chi connectivity index (χ2v) is 8.92. The Hall–Kier alpha value is -3.13. The van der Waals surface area contributed by atoms with Gasteiger partial charge in [0.2, 0.25) is 0 Å². The highest BCUT2D eigenvalue weighted by atomic mass is 19.1. The number of nitrogens with zero attached hydrogens (tertiary/aromatic N) is 2. The van der Waals surface area contributed by atoms with Gasteiger partial charge in [-0.05, 0) is 42.0 Å². The van der Waals surface area contributed by atoms with E-state index in [-0.39, 0.29) is 23.6 Å². The van der Waals surface area contributed by atoms with Crippen molar-refractivity contribution < 1.29 is 18.7 Å². The van der Waals surface area contributed by atoms with Gasteiger partial charge in [-0.15, -0.1) is 0 Å². The second kappa shape index (κ2) is 6.95. The molecule has 4 heterocycles. The lowest BCUT2D eigenvalue weighted by atomic mass is 10.0. The molecular formula is C23H23FN4O3. The van der Waals surface area contributed by atoms with Crippen LogP contribution in [0.4, 0.5) is 14.9 Å². The van der Waals surface area contributed by atoms with E-state index in [1.54, 1.807) is 18.2 Å². The lowest BCUT2D eigenvalue weighted by molar-refractivity contribution is -0.110. The van der Waals surface area contributed by atoms with Crippen molar-refractivity contribution in [3.8, 4) is 0 Å². The van der Waals surface area contributed by atoms with E-state index < -0.39 is 11.9 Å². The van der Waals surface area contributed by atoms with Crippen LogP contribution in [0.15, 0.2) is 24.4 Å². The Kier molecular flexibility index (Phi) is 4.17. The highest BCUT2D eigenvalue weighted by molar-refractivity contribution is 6.35. The van der Waals surface area contributed by atoms with Gasteiger partial charge in [-0.1, -0.05) is 6.07 Å².